The monoisotopic (exact) mass is 237 g/mol. The molecule has 12 heavy (non-hydrogen) atoms. The highest BCUT2D eigenvalue weighted by atomic mass is 32.2. The molecule has 1 heterocycles. The molecule has 0 aromatic heterocycles. The largest absolute Gasteiger partial charge is 0.469 e. The van der Waals surface area contributed by atoms with E-state index in [1.54, 1.807) is 0 Å². The summed E-state index contributed by atoms with van der Waals surface area (Å²) in [6.45, 7) is 1.89. The molecule has 0 fully saturated rings. The topological polar surface area (TPSA) is 9.23 Å². The van der Waals surface area contributed by atoms with Crippen LogP contribution in [0.1, 0.15) is 6.92 Å². The molecule has 0 bridgehead atoms. The van der Waals surface area contributed by atoms with Crippen molar-refractivity contribution in [1.29, 1.82) is 0 Å². The summed E-state index contributed by atoms with van der Waals surface area (Å²) in [5.41, 5.74) is 1.42. The second-order valence-corrected chi connectivity index (χ2v) is 4.69. The standard InChI is InChI=1S/C7H9OS4/c1-3-2-4(7(11)12)6(10)8-5(3)9/h5,7,9-12H,1H3. The summed E-state index contributed by atoms with van der Waals surface area (Å²) in [5.74, 6) is 0. The Morgan fingerprint density at radius 1 is 1.50 bits per heavy atom. The minimum Gasteiger partial charge on any atom is -0.469 e. The van der Waals surface area contributed by atoms with Crippen LogP contribution in [0.2, 0.25) is 0 Å². The van der Waals surface area contributed by atoms with Gasteiger partial charge in [0.2, 0.25) is 0 Å². The van der Waals surface area contributed by atoms with Crippen molar-refractivity contribution in [3.63, 3.8) is 0 Å². The predicted molar refractivity (Wildman–Crippen MR) is 64.1 cm³/mol. The summed E-state index contributed by atoms with van der Waals surface area (Å²) < 4.78 is 5.07. The van der Waals surface area contributed by atoms with Gasteiger partial charge in [-0.1, -0.05) is 0 Å². The second-order valence-electron chi connectivity index (χ2n) is 2.37. The first kappa shape index (κ1) is 10.8. The third kappa shape index (κ3) is 2.34. The lowest BCUT2D eigenvalue weighted by atomic mass is 10.2. The molecule has 1 radical (unpaired) electrons. The van der Waals surface area contributed by atoms with E-state index in [0.717, 1.165) is 11.1 Å². The third-order valence-electron chi connectivity index (χ3n) is 1.41. The van der Waals surface area contributed by atoms with Gasteiger partial charge >= 0.3 is 0 Å². The van der Waals surface area contributed by atoms with Gasteiger partial charge in [-0.05, 0) is 18.6 Å². The van der Waals surface area contributed by atoms with Crippen molar-refractivity contribution >= 4 is 50.5 Å². The first-order valence-electron chi connectivity index (χ1n) is 3.27. The minimum atomic E-state index is -0.248. The van der Waals surface area contributed by atoms with Crippen molar-refractivity contribution in [2.75, 3.05) is 0 Å². The molecule has 0 amide bonds. The SMILES string of the molecule is CC1=[C]C(C(S)S)=C(S)OC1S. The van der Waals surface area contributed by atoms with E-state index in [0.29, 0.717) is 5.09 Å². The van der Waals surface area contributed by atoms with E-state index in [4.69, 9.17) is 4.74 Å². The van der Waals surface area contributed by atoms with Crippen LogP contribution in [0.5, 0.6) is 0 Å². The molecule has 1 rings (SSSR count). The van der Waals surface area contributed by atoms with Gasteiger partial charge in [0.1, 0.15) is 0 Å². The maximum Gasteiger partial charge on any atom is 0.164 e. The molecule has 1 atom stereocenters. The second kappa shape index (κ2) is 4.26. The van der Waals surface area contributed by atoms with Gasteiger partial charge in [-0.15, -0.1) is 25.3 Å². The van der Waals surface area contributed by atoms with E-state index >= 15 is 0 Å². The van der Waals surface area contributed by atoms with Gasteiger partial charge in [0.25, 0.3) is 0 Å². The molecule has 5 heteroatoms. The highest BCUT2D eigenvalue weighted by molar-refractivity contribution is 7.99. The van der Waals surface area contributed by atoms with E-state index in [-0.39, 0.29) is 10.0 Å². The lowest BCUT2D eigenvalue weighted by Gasteiger charge is -2.22. The van der Waals surface area contributed by atoms with Gasteiger partial charge < -0.3 is 4.74 Å². The molecule has 1 nitrogen and oxygen atoms in total. The molecule has 1 aliphatic rings. The van der Waals surface area contributed by atoms with Crippen LogP contribution < -0.4 is 0 Å². The fraction of sp³-hybridized carbons (Fsp3) is 0.429. The van der Waals surface area contributed by atoms with Crippen molar-refractivity contribution in [2.24, 2.45) is 0 Å². The first-order chi connectivity index (χ1) is 5.52. The van der Waals surface area contributed by atoms with Crippen LogP contribution in [0, 0.1) is 6.08 Å². The lowest BCUT2D eigenvalue weighted by Crippen LogP contribution is -2.13. The van der Waals surface area contributed by atoms with Crippen LogP contribution in [0.25, 0.3) is 0 Å². The number of allylic oxidation sites excluding steroid dienone is 1. The van der Waals surface area contributed by atoms with Crippen LogP contribution in [0.3, 0.4) is 0 Å². The molecule has 0 N–H and O–H groups in total. The summed E-state index contributed by atoms with van der Waals surface area (Å²) in [6.07, 6.45) is 3.08. The molecule has 0 saturated carbocycles. The average Bonchev–Trinajstić information content (AvgIpc) is 1.96. The molecule has 1 unspecified atom stereocenters. The Kier molecular flexibility index (Phi) is 3.82. The zero-order valence-corrected chi connectivity index (χ0v) is 9.93. The van der Waals surface area contributed by atoms with Crippen molar-refractivity contribution in [3.05, 3.63) is 22.3 Å². The van der Waals surface area contributed by atoms with E-state index in [2.05, 4.69) is 56.6 Å². The average molecular weight is 237 g/mol. The fourth-order valence-electron chi connectivity index (χ4n) is 0.760. The molecule has 0 spiro atoms. The van der Waals surface area contributed by atoms with Gasteiger partial charge in [0, 0.05) is 5.57 Å². The van der Waals surface area contributed by atoms with Gasteiger partial charge in [-0.2, -0.15) is 25.3 Å². The Bertz CT molecular complexity index is 244. The Balaban J connectivity index is 2.94. The zero-order valence-electron chi connectivity index (χ0n) is 6.35. The van der Waals surface area contributed by atoms with Gasteiger partial charge in [-0.3, -0.25) is 0 Å². The number of thiol groups is 4. The maximum absolute atomic E-state index is 5.28. The van der Waals surface area contributed by atoms with E-state index in [9.17, 15) is 0 Å². The van der Waals surface area contributed by atoms with Crippen LogP contribution in [0.4, 0.5) is 0 Å². The van der Waals surface area contributed by atoms with E-state index in [1.165, 1.54) is 0 Å². The maximum atomic E-state index is 5.28. The number of rotatable bonds is 1. The van der Waals surface area contributed by atoms with E-state index < -0.39 is 0 Å². The zero-order chi connectivity index (χ0) is 9.30. The van der Waals surface area contributed by atoms with E-state index in [1.807, 2.05) is 6.92 Å². The minimum absolute atomic E-state index is 0.215. The molecule has 0 aliphatic carbocycles. The predicted octanol–water partition coefficient (Wildman–Crippen LogP) is 2.35. The summed E-state index contributed by atoms with van der Waals surface area (Å²) >= 11 is 16.6. The number of ether oxygens (including phenoxy) is 1. The molecular weight excluding hydrogens is 228 g/mol. The smallest absolute Gasteiger partial charge is 0.164 e. The highest BCUT2D eigenvalue weighted by Crippen LogP contribution is 2.30. The first-order valence-corrected chi connectivity index (χ1v) is 5.26. The summed E-state index contributed by atoms with van der Waals surface area (Å²) in [5, 5.41) is 0.496. The molecular formula is C7H9OS4. The normalized spacial score (nSPS) is 24.2. The van der Waals surface area contributed by atoms with Crippen LogP contribution in [-0.4, -0.2) is 10.0 Å². The Hall–Kier alpha value is 0.680. The number of hydrogen-bond donors (Lipinski definition) is 4. The van der Waals surface area contributed by atoms with Crippen molar-refractivity contribution in [3.8, 4) is 0 Å². The third-order valence-corrected chi connectivity index (χ3v) is 2.77. The lowest BCUT2D eigenvalue weighted by molar-refractivity contribution is 0.233. The van der Waals surface area contributed by atoms with Crippen molar-refractivity contribution in [1.82, 2.24) is 0 Å². The molecule has 0 aromatic carbocycles. The van der Waals surface area contributed by atoms with Gasteiger partial charge in [0.05, 0.1) is 4.58 Å². The summed E-state index contributed by atoms with van der Waals surface area (Å²) in [4.78, 5) is 0. The van der Waals surface area contributed by atoms with Crippen molar-refractivity contribution < 1.29 is 4.74 Å². The molecule has 0 saturated heterocycles. The van der Waals surface area contributed by atoms with Gasteiger partial charge in [0.15, 0.2) is 10.5 Å². The Morgan fingerprint density at radius 2 is 2.08 bits per heavy atom. The van der Waals surface area contributed by atoms with Gasteiger partial charge in [-0.25, -0.2) is 0 Å². The highest BCUT2D eigenvalue weighted by Gasteiger charge is 2.19. The Labute approximate surface area is 94.3 Å². The Morgan fingerprint density at radius 3 is 2.58 bits per heavy atom. The quantitative estimate of drug-likeness (QED) is 0.404. The number of hydrogen-bond acceptors (Lipinski definition) is 5. The van der Waals surface area contributed by atoms with Crippen LogP contribution >= 0.6 is 50.5 Å². The molecule has 1 aliphatic heterocycles. The summed E-state index contributed by atoms with van der Waals surface area (Å²) in [7, 11) is 0. The molecule has 67 valence electrons. The van der Waals surface area contributed by atoms with Crippen molar-refractivity contribution in [2.45, 2.75) is 16.9 Å². The van der Waals surface area contributed by atoms with Crippen LogP contribution in [-0.2, 0) is 4.74 Å². The summed E-state index contributed by atoms with van der Waals surface area (Å²) in [6, 6.07) is 0. The fourth-order valence-corrected chi connectivity index (χ4v) is 1.87. The molecule has 0 aromatic rings. The van der Waals surface area contributed by atoms with Crippen LogP contribution in [0.15, 0.2) is 16.2 Å².